The smallest absolute Gasteiger partial charge is 0.170 e. The van der Waals surface area contributed by atoms with Gasteiger partial charge in [0.2, 0.25) is 0 Å². The van der Waals surface area contributed by atoms with E-state index < -0.39 is 0 Å². The number of nitrogens with one attached hydrogen (secondary N) is 4. The molecule has 0 spiro atoms. The number of hydrogen-bond acceptors (Lipinski definition) is 2. The van der Waals surface area contributed by atoms with Gasteiger partial charge in [0.1, 0.15) is 0 Å². The Kier molecular flexibility index (Phi) is 8.25. The van der Waals surface area contributed by atoms with Crippen molar-refractivity contribution in [2.45, 2.75) is 73.8 Å². The standard InChI is InChI=1S/C28H40N4S2/c1-18-8-10-22(12-20(18)3)30-25(33)29-17-28(7)15-24(14-27(5,6)16-28)32-26(34)31-23-11-9-19(2)21(4)13-23/h8-13,24H,14-17H2,1-7H3,(H2,29,30,33)(H2,31,32,34)/t24-,28-/m0/s1. The zero-order valence-corrected chi connectivity index (χ0v) is 23.3. The lowest BCUT2D eigenvalue weighted by atomic mass is 9.62. The summed E-state index contributed by atoms with van der Waals surface area (Å²) in [7, 11) is 0. The van der Waals surface area contributed by atoms with Crippen LogP contribution >= 0.6 is 24.4 Å². The summed E-state index contributed by atoms with van der Waals surface area (Å²) >= 11 is 11.3. The van der Waals surface area contributed by atoms with E-state index in [0.717, 1.165) is 37.2 Å². The van der Waals surface area contributed by atoms with Crippen LogP contribution in [0.5, 0.6) is 0 Å². The molecular formula is C28H40N4S2. The molecule has 0 amide bonds. The van der Waals surface area contributed by atoms with E-state index in [-0.39, 0.29) is 10.8 Å². The normalized spacial score (nSPS) is 21.4. The van der Waals surface area contributed by atoms with E-state index in [4.69, 9.17) is 24.4 Å². The molecule has 0 aliphatic heterocycles. The Morgan fingerprint density at radius 3 is 1.85 bits per heavy atom. The van der Waals surface area contributed by atoms with Gasteiger partial charge in [-0.1, -0.05) is 32.9 Å². The molecule has 2 aromatic carbocycles. The minimum atomic E-state index is 0.102. The number of anilines is 2. The van der Waals surface area contributed by atoms with Gasteiger partial charge in [-0.15, -0.1) is 0 Å². The first kappa shape index (κ1) is 26.4. The molecule has 1 fully saturated rings. The van der Waals surface area contributed by atoms with Crippen LogP contribution in [0.25, 0.3) is 0 Å². The Morgan fingerprint density at radius 2 is 1.32 bits per heavy atom. The van der Waals surface area contributed by atoms with Crippen LogP contribution in [0.15, 0.2) is 36.4 Å². The van der Waals surface area contributed by atoms with E-state index in [0.29, 0.717) is 16.3 Å². The highest BCUT2D eigenvalue weighted by molar-refractivity contribution is 7.80. The van der Waals surface area contributed by atoms with Gasteiger partial charge in [-0.3, -0.25) is 0 Å². The van der Waals surface area contributed by atoms with Crippen molar-refractivity contribution in [3.63, 3.8) is 0 Å². The molecule has 1 saturated carbocycles. The van der Waals surface area contributed by atoms with Crippen molar-refractivity contribution in [1.82, 2.24) is 10.6 Å². The van der Waals surface area contributed by atoms with Crippen LogP contribution in [-0.4, -0.2) is 22.8 Å². The van der Waals surface area contributed by atoms with Gasteiger partial charge in [-0.2, -0.15) is 0 Å². The van der Waals surface area contributed by atoms with Crippen molar-refractivity contribution in [3.8, 4) is 0 Å². The number of hydrogen-bond donors (Lipinski definition) is 4. The SMILES string of the molecule is Cc1ccc(NC(=S)NC[C@@]2(C)C[C@@H](NC(=S)Nc3ccc(C)c(C)c3)CC(C)(C)C2)cc1C. The molecule has 6 heteroatoms. The molecule has 0 heterocycles. The van der Waals surface area contributed by atoms with Crippen LogP contribution in [0.3, 0.4) is 0 Å². The Balaban J connectivity index is 1.58. The van der Waals surface area contributed by atoms with Crippen molar-refractivity contribution in [2.75, 3.05) is 17.2 Å². The maximum absolute atomic E-state index is 5.67. The van der Waals surface area contributed by atoms with Gasteiger partial charge in [0.05, 0.1) is 0 Å². The fourth-order valence-electron chi connectivity index (χ4n) is 5.33. The van der Waals surface area contributed by atoms with Gasteiger partial charge in [0.15, 0.2) is 10.2 Å². The van der Waals surface area contributed by atoms with Crippen LogP contribution in [0.1, 0.15) is 62.3 Å². The fourth-order valence-corrected chi connectivity index (χ4v) is 5.80. The molecule has 1 aliphatic rings. The third-order valence-electron chi connectivity index (χ3n) is 6.98. The van der Waals surface area contributed by atoms with E-state index in [1.165, 1.54) is 22.3 Å². The van der Waals surface area contributed by atoms with Gasteiger partial charge in [-0.25, -0.2) is 0 Å². The van der Waals surface area contributed by atoms with Gasteiger partial charge < -0.3 is 21.3 Å². The lowest BCUT2D eigenvalue weighted by Gasteiger charge is -2.47. The molecular weight excluding hydrogens is 456 g/mol. The molecule has 184 valence electrons. The molecule has 0 saturated heterocycles. The van der Waals surface area contributed by atoms with Crippen LogP contribution in [0, 0.1) is 38.5 Å². The number of benzene rings is 2. The van der Waals surface area contributed by atoms with Gasteiger partial charge in [0, 0.05) is 24.0 Å². The van der Waals surface area contributed by atoms with Crippen molar-refractivity contribution in [2.24, 2.45) is 10.8 Å². The predicted molar refractivity (Wildman–Crippen MR) is 155 cm³/mol. The maximum atomic E-state index is 5.67. The van der Waals surface area contributed by atoms with Crippen LogP contribution in [-0.2, 0) is 0 Å². The summed E-state index contributed by atoms with van der Waals surface area (Å²) in [5.74, 6) is 0. The highest BCUT2D eigenvalue weighted by Gasteiger charge is 2.41. The topological polar surface area (TPSA) is 48.1 Å². The second-order valence-corrected chi connectivity index (χ2v) is 12.1. The largest absolute Gasteiger partial charge is 0.362 e. The van der Waals surface area contributed by atoms with E-state index in [1.54, 1.807) is 0 Å². The second kappa shape index (κ2) is 10.6. The summed E-state index contributed by atoms with van der Waals surface area (Å²) in [6.45, 7) is 16.4. The van der Waals surface area contributed by atoms with Crippen molar-refractivity contribution in [1.29, 1.82) is 0 Å². The fraction of sp³-hybridized carbons (Fsp3) is 0.500. The summed E-state index contributed by atoms with van der Waals surface area (Å²) in [6, 6.07) is 13.0. The quantitative estimate of drug-likeness (QED) is 0.342. The van der Waals surface area contributed by atoms with Gasteiger partial charge in [-0.05, 0) is 129 Å². The summed E-state index contributed by atoms with van der Waals surface area (Å²) in [5.41, 5.74) is 7.45. The van der Waals surface area contributed by atoms with Gasteiger partial charge in [0.25, 0.3) is 0 Å². The minimum Gasteiger partial charge on any atom is -0.362 e. The molecule has 0 unspecified atom stereocenters. The molecule has 4 N–H and O–H groups in total. The summed E-state index contributed by atoms with van der Waals surface area (Å²) in [5, 5.41) is 15.1. The zero-order chi connectivity index (χ0) is 25.1. The third kappa shape index (κ3) is 7.41. The highest BCUT2D eigenvalue weighted by Crippen LogP contribution is 2.45. The maximum Gasteiger partial charge on any atom is 0.170 e. The molecule has 0 radical (unpaired) electrons. The Bertz CT molecular complexity index is 1060. The molecule has 2 atom stereocenters. The molecule has 0 bridgehead atoms. The Morgan fingerprint density at radius 1 is 0.794 bits per heavy atom. The van der Waals surface area contributed by atoms with E-state index in [1.807, 2.05) is 0 Å². The zero-order valence-electron chi connectivity index (χ0n) is 21.7. The molecule has 1 aliphatic carbocycles. The number of rotatable bonds is 5. The number of aryl methyl sites for hydroxylation is 4. The summed E-state index contributed by atoms with van der Waals surface area (Å²) < 4.78 is 0. The highest BCUT2D eigenvalue weighted by atomic mass is 32.1. The molecule has 0 aromatic heterocycles. The first-order valence-corrected chi connectivity index (χ1v) is 12.9. The molecule has 4 nitrogen and oxygen atoms in total. The Labute approximate surface area is 216 Å². The van der Waals surface area contributed by atoms with Crippen LogP contribution < -0.4 is 21.3 Å². The number of thiocarbonyl (C=S) groups is 2. The van der Waals surface area contributed by atoms with Gasteiger partial charge >= 0.3 is 0 Å². The lowest BCUT2D eigenvalue weighted by molar-refractivity contribution is 0.0807. The average Bonchev–Trinajstić information content (AvgIpc) is 2.70. The molecule has 34 heavy (non-hydrogen) atoms. The third-order valence-corrected chi connectivity index (χ3v) is 7.45. The predicted octanol–water partition coefficient (Wildman–Crippen LogP) is 6.78. The Hall–Kier alpha value is -2.18. The van der Waals surface area contributed by atoms with Crippen molar-refractivity contribution in [3.05, 3.63) is 58.7 Å². The van der Waals surface area contributed by atoms with Crippen LogP contribution in [0.2, 0.25) is 0 Å². The van der Waals surface area contributed by atoms with Crippen molar-refractivity contribution < 1.29 is 0 Å². The average molecular weight is 497 g/mol. The van der Waals surface area contributed by atoms with E-state index >= 15 is 0 Å². The first-order chi connectivity index (χ1) is 15.8. The van der Waals surface area contributed by atoms with Crippen molar-refractivity contribution >= 4 is 46.0 Å². The van der Waals surface area contributed by atoms with E-state index in [2.05, 4.69) is 106 Å². The molecule has 3 rings (SSSR count). The lowest BCUT2D eigenvalue weighted by Crippen LogP contribution is -2.51. The minimum absolute atomic E-state index is 0.102. The second-order valence-electron chi connectivity index (χ2n) is 11.3. The molecule has 2 aromatic rings. The van der Waals surface area contributed by atoms with Crippen LogP contribution in [0.4, 0.5) is 11.4 Å². The summed E-state index contributed by atoms with van der Waals surface area (Å²) in [6.07, 6.45) is 3.25. The summed E-state index contributed by atoms with van der Waals surface area (Å²) in [4.78, 5) is 0. The van der Waals surface area contributed by atoms with E-state index in [9.17, 15) is 0 Å². The first-order valence-electron chi connectivity index (χ1n) is 12.1. The monoisotopic (exact) mass is 496 g/mol.